The maximum absolute atomic E-state index is 12.5. The van der Waals surface area contributed by atoms with Crippen molar-refractivity contribution in [1.82, 2.24) is 19.9 Å². The highest BCUT2D eigenvalue weighted by Gasteiger charge is 2.28. The average molecular weight is 336 g/mol. The van der Waals surface area contributed by atoms with Gasteiger partial charge in [-0.1, -0.05) is 12.1 Å². The van der Waals surface area contributed by atoms with Gasteiger partial charge < -0.3 is 9.64 Å². The molecule has 1 atom stereocenters. The zero-order valence-corrected chi connectivity index (χ0v) is 13.4. The molecule has 128 valence electrons. The van der Waals surface area contributed by atoms with Crippen LogP contribution in [0, 0.1) is 12.8 Å². The Labute approximate surface area is 138 Å². The number of hydrogen-bond acceptors (Lipinski definition) is 4. The van der Waals surface area contributed by atoms with Gasteiger partial charge in [-0.2, -0.15) is 8.78 Å². The molecule has 0 bridgehead atoms. The average Bonchev–Trinajstić information content (AvgIpc) is 3.13. The van der Waals surface area contributed by atoms with Crippen molar-refractivity contribution in [2.24, 2.45) is 5.92 Å². The zero-order valence-electron chi connectivity index (χ0n) is 13.4. The number of rotatable bonds is 4. The molecule has 8 heteroatoms. The van der Waals surface area contributed by atoms with Crippen LogP contribution in [0.4, 0.5) is 8.78 Å². The van der Waals surface area contributed by atoms with Crippen molar-refractivity contribution in [3.05, 3.63) is 35.7 Å². The lowest BCUT2D eigenvalue weighted by atomic mass is 10.2. The summed E-state index contributed by atoms with van der Waals surface area (Å²) in [6.07, 6.45) is 0.991. The van der Waals surface area contributed by atoms with Gasteiger partial charge in [-0.05, 0) is 43.5 Å². The van der Waals surface area contributed by atoms with Gasteiger partial charge in [0.15, 0.2) is 5.69 Å². The lowest BCUT2D eigenvalue weighted by Crippen LogP contribution is -2.29. The predicted molar refractivity (Wildman–Crippen MR) is 82.4 cm³/mol. The SMILES string of the molecule is Cc1c(C(=O)N2CCC(C)C2)nnn1-c1ccc(OC(F)F)cc1. The molecule has 1 aliphatic rings. The van der Waals surface area contributed by atoms with E-state index in [0.717, 1.165) is 19.5 Å². The van der Waals surface area contributed by atoms with E-state index in [4.69, 9.17) is 0 Å². The maximum atomic E-state index is 12.5. The van der Waals surface area contributed by atoms with Crippen LogP contribution in [-0.4, -0.2) is 45.5 Å². The molecule has 0 aliphatic carbocycles. The number of aromatic nitrogens is 3. The molecule has 0 N–H and O–H groups in total. The Morgan fingerprint density at radius 2 is 2.04 bits per heavy atom. The monoisotopic (exact) mass is 336 g/mol. The van der Waals surface area contributed by atoms with E-state index in [1.54, 1.807) is 24.0 Å². The van der Waals surface area contributed by atoms with Crippen LogP contribution in [0.15, 0.2) is 24.3 Å². The normalized spacial score (nSPS) is 17.5. The van der Waals surface area contributed by atoms with E-state index in [0.29, 0.717) is 23.0 Å². The van der Waals surface area contributed by atoms with Gasteiger partial charge >= 0.3 is 6.61 Å². The summed E-state index contributed by atoms with van der Waals surface area (Å²) in [7, 11) is 0. The molecule has 0 radical (unpaired) electrons. The number of benzene rings is 1. The van der Waals surface area contributed by atoms with Crippen LogP contribution in [0.5, 0.6) is 5.75 Å². The second-order valence-corrected chi connectivity index (χ2v) is 5.95. The molecule has 1 aromatic carbocycles. The number of nitrogens with zero attached hydrogens (tertiary/aromatic N) is 4. The van der Waals surface area contributed by atoms with Gasteiger partial charge in [0, 0.05) is 13.1 Å². The van der Waals surface area contributed by atoms with E-state index in [1.165, 1.54) is 16.8 Å². The molecular weight excluding hydrogens is 318 g/mol. The lowest BCUT2D eigenvalue weighted by molar-refractivity contribution is -0.0498. The van der Waals surface area contributed by atoms with E-state index in [-0.39, 0.29) is 11.7 Å². The van der Waals surface area contributed by atoms with E-state index in [2.05, 4.69) is 22.0 Å². The van der Waals surface area contributed by atoms with Crippen LogP contribution in [0.25, 0.3) is 5.69 Å². The molecule has 3 rings (SSSR count). The van der Waals surface area contributed by atoms with Crippen LogP contribution >= 0.6 is 0 Å². The summed E-state index contributed by atoms with van der Waals surface area (Å²) in [5.74, 6) is 0.432. The van der Waals surface area contributed by atoms with Gasteiger partial charge in [-0.3, -0.25) is 4.79 Å². The predicted octanol–water partition coefficient (Wildman–Crippen LogP) is 2.66. The zero-order chi connectivity index (χ0) is 17.3. The van der Waals surface area contributed by atoms with E-state index in [1.807, 2.05) is 0 Å². The quantitative estimate of drug-likeness (QED) is 0.861. The van der Waals surface area contributed by atoms with Gasteiger partial charge in [-0.15, -0.1) is 5.10 Å². The number of carbonyl (C=O) groups is 1. The molecule has 1 saturated heterocycles. The number of ether oxygens (including phenoxy) is 1. The molecule has 6 nitrogen and oxygen atoms in total. The first-order valence-electron chi connectivity index (χ1n) is 7.72. The first-order chi connectivity index (χ1) is 11.5. The number of amides is 1. The number of hydrogen-bond donors (Lipinski definition) is 0. The fourth-order valence-corrected chi connectivity index (χ4v) is 2.81. The van der Waals surface area contributed by atoms with Gasteiger partial charge in [-0.25, -0.2) is 4.68 Å². The minimum absolute atomic E-state index is 0.0638. The Morgan fingerprint density at radius 1 is 1.33 bits per heavy atom. The van der Waals surface area contributed by atoms with Gasteiger partial charge in [0.2, 0.25) is 0 Å². The van der Waals surface area contributed by atoms with Crippen LogP contribution in [-0.2, 0) is 0 Å². The van der Waals surface area contributed by atoms with Crippen molar-refractivity contribution >= 4 is 5.91 Å². The lowest BCUT2D eigenvalue weighted by Gasteiger charge is -2.14. The van der Waals surface area contributed by atoms with Crippen LogP contribution in [0.3, 0.4) is 0 Å². The highest BCUT2D eigenvalue weighted by Crippen LogP contribution is 2.21. The Balaban J connectivity index is 1.80. The van der Waals surface area contributed by atoms with Crippen molar-refractivity contribution in [1.29, 1.82) is 0 Å². The third-order valence-corrected chi connectivity index (χ3v) is 4.11. The van der Waals surface area contributed by atoms with E-state index < -0.39 is 6.61 Å². The number of likely N-dealkylation sites (tertiary alicyclic amines) is 1. The molecule has 1 aliphatic heterocycles. The molecule has 0 spiro atoms. The second-order valence-electron chi connectivity index (χ2n) is 5.95. The summed E-state index contributed by atoms with van der Waals surface area (Å²) in [4.78, 5) is 14.3. The Morgan fingerprint density at radius 3 is 2.62 bits per heavy atom. The largest absolute Gasteiger partial charge is 0.435 e. The summed E-state index contributed by atoms with van der Waals surface area (Å²) < 4.78 is 30.2. The molecule has 0 saturated carbocycles. The minimum atomic E-state index is -2.86. The summed E-state index contributed by atoms with van der Waals surface area (Å²) in [6, 6.07) is 6.02. The summed E-state index contributed by atoms with van der Waals surface area (Å²) in [5, 5.41) is 8.02. The molecule has 24 heavy (non-hydrogen) atoms. The van der Waals surface area contributed by atoms with Crippen LogP contribution < -0.4 is 4.74 Å². The van der Waals surface area contributed by atoms with Crippen molar-refractivity contribution < 1.29 is 18.3 Å². The first-order valence-corrected chi connectivity index (χ1v) is 7.72. The van der Waals surface area contributed by atoms with Gasteiger partial charge in [0.05, 0.1) is 11.4 Å². The van der Waals surface area contributed by atoms with E-state index in [9.17, 15) is 13.6 Å². The summed E-state index contributed by atoms with van der Waals surface area (Å²) >= 11 is 0. The van der Waals surface area contributed by atoms with Crippen molar-refractivity contribution in [2.75, 3.05) is 13.1 Å². The Bertz CT molecular complexity index is 730. The second kappa shape index (κ2) is 6.54. The van der Waals surface area contributed by atoms with Gasteiger partial charge in [0.25, 0.3) is 5.91 Å². The highest BCUT2D eigenvalue weighted by atomic mass is 19.3. The number of halogens is 2. The molecule has 1 fully saturated rings. The molecule has 2 aromatic rings. The van der Waals surface area contributed by atoms with E-state index >= 15 is 0 Å². The summed E-state index contributed by atoms with van der Waals surface area (Å²) in [5.41, 5.74) is 1.55. The smallest absolute Gasteiger partial charge is 0.387 e. The third kappa shape index (κ3) is 3.22. The fraction of sp³-hybridized carbons (Fsp3) is 0.438. The summed E-state index contributed by atoms with van der Waals surface area (Å²) in [6.45, 7) is 2.46. The van der Waals surface area contributed by atoms with Gasteiger partial charge in [0.1, 0.15) is 5.75 Å². The minimum Gasteiger partial charge on any atom is -0.435 e. The Hall–Kier alpha value is -2.51. The van der Waals surface area contributed by atoms with Crippen molar-refractivity contribution in [2.45, 2.75) is 26.9 Å². The third-order valence-electron chi connectivity index (χ3n) is 4.11. The highest BCUT2D eigenvalue weighted by molar-refractivity contribution is 5.93. The molecule has 1 unspecified atom stereocenters. The van der Waals surface area contributed by atoms with Crippen LogP contribution in [0.2, 0.25) is 0 Å². The molecule has 1 aromatic heterocycles. The fourth-order valence-electron chi connectivity index (χ4n) is 2.81. The molecular formula is C16H18F2N4O2. The maximum Gasteiger partial charge on any atom is 0.387 e. The topological polar surface area (TPSA) is 60.2 Å². The Kier molecular flexibility index (Phi) is 4.46. The van der Waals surface area contributed by atoms with Crippen molar-refractivity contribution in [3.8, 4) is 11.4 Å². The number of carbonyl (C=O) groups excluding carboxylic acids is 1. The first kappa shape index (κ1) is 16.4. The van der Waals surface area contributed by atoms with Crippen molar-refractivity contribution in [3.63, 3.8) is 0 Å². The standard InChI is InChI=1S/C16H18F2N4O2/c1-10-7-8-21(9-10)15(23)14-11(2)22(20-19-14)12-3-5-13(6-4-12)24-16(17)18/h3-6,10,16H,7-9H2,1-2H3. The molecule has 2 heterocycles. The van der Waals surface area contributed by atoms with Crippen LogP contribution in [0.1, 0.15) is 29.5 Å². The molecule has 1 amide bonds. The number of alkyl halides is 2.